The molecule has 110 valence electrons. The third-order valence-electron chi connectivity index (χ3n) is 4.47. The van der Waals surface area contributed by atoms with Crippen molar-refractivity contribution in [3.05, 3.63) is 34.9 Å². The molecule has 3 atom stereocenters. The molecule has 0 bridgehead atoms. The second-order valence-electron chi connectivity index (χ2n) is 5.42. The smallest absolute Gasteiger partial charge is 0.230 e. The molecule has 1 aromatic carbocycles. The van der Waals surface area contributed by atoms with Crippen LogP contribution < -0.4 is 5.32 Å². The van der Waals surface area contributed by atoms with Crippen molar-refractivity contribution < 1.29 is 4.79 Å². The second-order valence-corrected chi connectivity index (χ2v) is 7.24. The van der Waals surface area contributed by atoms with E-state index in [-0.39, 0.29) is 17.9 Å². The van der Waals surface area contributed by atoms with Gasteiger partial charge in [-0.05, 0) is 31.0 Å². The van der Waals surface area contributed by atoms with Crippen molar-refractivity contribution in [1.82, 2.24) is 5.32 Å². The van der Waals surface area contributed by atoms with Crippen molar-refractivity contribution in [2.45, 2.75) is 37.6 Å². The van der Waals surface area contributed by atoms with Gasteiger partial charge in [-0.15, -0.1) is 23.2 Å². The maximum absolute atomic E-state index is 12.5. The fourth-order valence-electron chi connectivity index (χ4n) is 2.85. The number of carbonyl (C=O) groups excluding carboxylic acids is 1. The summed E-state index contributed by atoms with van der Waals surface area (Å²) in [6.07, 6.45) is 0.625. The molecule has 1 aliphatic carbocycles. The largest absolute Gasteiger partial charge is 0.349 e. The zero-order valence-electron chi connectivity index (χ0n) is 11.7. The average molecular weight is 335 g/mol. The Morgan fingerprint density at radius 3 is 2.25 bits per heavy atom. The number of nitrogens with one attached hydrogen (secondary N) is 1. The maximum Gasteiger partial charge on any atom is 0.230 e. The molecule has 1 aromatic rings. The lowest BCUT2D eigenvalue weighted by Gasteiger charge is -2.20. The number of alkyl halides is 2. The number of rotatable bonds is 4. The van der Waals surface area contributed by atoms with Gasteiger partial charge in [-0.25, -0.2) is 0 Å². The van der Waals surface area contributed by atoms with E-state index >= 15 is 0 Å². The zero-order valence-corrected chi connectivity index (χ0v) is 14.0. The third kappa shape index (κ3) is 2.32. The van der Waals surface area contributed by atoms with Gasteiger partial charge in [0.25, 0.3) is 0 Å². The number of halogens is 3. The van der Waals surface area contributed by atoms with Crippen molar-refractivity contribution in [2.75, 3.05) is 0 Å². The van der Waals surface area contributed by atoms with E-state index in [0.29, 0.717) is 11.4 Å². The zero-order chi connectivity index (χ0) is 15.1. The summed E-state index contributed by atoms with van der Waals surface area (Å²) in [5.74, 6) is -0.124. The third-order valence-corrected chi connectivity index (χ3v) is 6.06. The molecule has 2 nitrogen and oxygen atoms in total. The SMILES string of the molecule is CC[C@]1(C(=O)NC(C)c2ccc(Cl)cc2)[C@H](C)C1(Cl)Cl. The first-order valence-electron chi connectivity index (χ1n) is 6.71. The van der Waals surface area contributed by atoms with Gasteiger partial charge in [0.2, 0.25) is 5.91 Å². The molecule has 0 aliphatic heterocycles. The molecule has 1 fully saturated rings. The summed E-state index contributed by atoms with van der Waals surface area (Å²) in [5, 5.41) is 3.68. The molecule has 0 radical (unpaired) electrons. The molecule has 1 saturated carbocycles. The Morgan fingerprint density at radius 2 is 1.85 bits per heavy atom. The number of amides is 1. The van der Waals surface area contributed by atoms with Crippen molar-refractivity contribution in [3.63, 3.8) is 0 Å². The molecule has 1 unspecified atom stereocenters. The first-order valence-corrected chi connectivity index (χ1v) is 7.85. The molecule has 1 N–H and O–H groups in total. The van der Waals surface area contributed by atoms with Gasteiger partial charge >= 0.3 is 0 Å². The minimum atomic E-state index is -0.967. The molecule has 1 amide bonds. The quantitative estimate of drug-likeness (QED) is 0.792. The van der Waals surface area contributed by atoms with Gasteiger partial charge in [0.1, 0.15) is 4.33 Å². The standard InChI is InChI=1S/C15H18Cl3NO/c1-4-14(10(3)15(14,17)18)13(20)19-9(2)11-5-7-12(16)8-6-11/h5-10H,4H2,1-3H3,(H,19,20)/t9?,10-,14+/m0/s1. The fraction of sp³-hybridized carbons (Fsp3) is 0.533. The Labute approximate surface area is 134 Å². The minimum Gasteiger partial charge on any atom is -0.349 e. The number of hydrogen-bond donors (Lipinski definition) is 1. The van der Waals surface area contributed by atoms with Gasteiger partial charge in [-0.3, -0.25) is 4.79 Å². The molecule has 0 aromatic heterocycles. The van der Waals surface area contributed by atoms with Crippen LogP contribution >= 0.6 is 34.8 Å². The molecule has 0 saturated heterocycles. The second kappa shape index (κ2) is 5.40. The predicted molar refractivity (Wildman–Crippen MR) is 84.3 cm³/mol. The topological polar surface area (TPSA) is 29.1 Å². The first-order chi connectivity index (χ1) is 9.27. The van der Waals surface area contributed by atoms with Gasteiger partial charge < -0.3 is 5.32 Å². The van der Waals surface area contributed by atoms with Crippen molar-refractivity contribution >= 4 is 40.7 Å². The summed E-state index contributed by atoms with van der Waals surface area (Å²) in [6, 6.07) is 7.30. The molecule has 0 spiro atoms. The Hall–Kier alpha value is -0.440. The van der Waals surface area contributed by atoms with Crippen LogP contribution in [0.2, 0.25) is 5.02 Å². The van der Waals surface area contributed by atoms with E-state index < -0.39 is 9.75 Å². The summed E-state index contributed by atoms with van der Waals surface area (Å²) in [6.45, 7) is 5.78. The van der Waals surface area contributed by atoms with Crippen molar-refractivity contribution in [2.24, 2.45) is 11.3 Å². The van der Waals surface area contributed by atoms with Gasteiger partial charge in [0.15, 0.2) is 0 Å². The van der Waals surface area contributed by atoms with Crippen LogP contribution in [0.15, 0.2) is 24.3 Å². The normalized spacial score (nSPS) is 28.8. The summed E-state index contributed by atoms with van der Waals surface area (Å²) >= 11 is 18.4. The minimum absolute atomic E-state index is 0.0410. The van der Waals surface area contributed by atoms with Crippen LogP contribution in [0.4, 0.5) is 0 Å². The highest BCUT2D eigenvalue weighted by atomic mass is 35.5. The van der Waals surface area contributed by atoms with Crippen molar-refractivity contribution in [3.8, 4) is 0 Å². The van der Waals surface area contributed by atoms with Gasteiger partial charge in [0, 0.05) is 10.9 Å². The van der Waals surface area contributed by atoms with Gasteiger partial charge in [-0.1, -0.05) is 37.6 Å². The highest BCUT2D eigenvalue weighted by Crippen LogP contribution is 2.70. The Bertz CT molecular complexity index is 514. The van der Waals surface area contributed by atoms with E-state index in [1.165, 1.54) is 0 Å². The fourth-order valence-corrected chi connectivity index (χ4v) is 4.01. The summed E-state index contributed by atoms with van der Waals surface area (Å²) in [5.41, 5.74) is 0.314. The van der Waals surface area contributed by atoms with Crippen molar-refractivity contribution in [1.29, 1.82) is 0 Å². The molecular weight excluding hydrogens is 317 g/mol. The first kappa shape index (κ1) is 15.9. The predicted octanol–water partition coefficient (Wildman–Crippen LogP) is 4.74. The van der Waals surface area contributed by atoms with E-state index in [1.54, 1.807) is 0 Å². The van der Waals surface area contributed by atoms with E-state index in [1.807, 2.05) is 45.0 Å². The van der Waals surface area contributed by atoms with Crippen LogP contribution in [0.1, 0.15) is 38.8 Å². The van der Waals surface area contributed by atoms with Crippen LogP contribution in [0.3, 0.4) is 0 Å². The van der Waals surface area contributed by atoms with Crippen LogP contribution in [0, 0.1) is 11.3 Å². The lowest BCUT2D eigenvalue weighted by atomic mass is 9.98. The molecular formula is C15H18Cl3NO. The van der Waals surface area contributed by atoms with E-state index in [0.717, 1.165) is 5.56 Å². The molecule has 0 heterocycles. The number of hydrogen-bond acceptors (Lipinski definition) is 1. The monoisotopic (exact) mass is 333 g/mol. The Balaban J connectivity index is 2.11. The lowest BCUT2D eigenvalue weighted by Crippen LogP contribution is -2.36. The van der Waals surface area contributed by atoms with Gasteiger partial charge in [0.05, 0.1) is 11.5 Å². The average Bonchev–Trinajstić information content (AvgIpc) is 2.84. The van der Waals surface area contributed by atoms with Crippen LogP contribution in [-0.4, -0.2) is 10.2 Å². The van der Waals surface area contributed by atoms with E-state index in [4.69, 9.17) is 34.8 Å². The van der Waals surface area contributed by atoms with Gasteiger partial charge in [-0.2, -0.15) is 0 Å². The Kier molecular flexibility index (Phi) is 4.30. The maximum atomic E-state index is 12.5. The molecule has 2 rings (SSSR count). The highest BCUT2D eigenvalue weighted by Gasteiger charge is 2.76. The highest BCUT2D eigenvalue weighted by molar-refractivity contribution is 6.53. The molecule has 5 heteroatoms. The number of benzene rings is 1. The number of carbonyl (C=O) groups is 1. The van der Waals surface area contributed by atoms with Crippen LogP contribution in [0.5, 0.6) is 0 Å². The summed E-state index contributed by atoms with van der Waals surface area (Å²) < 4.78 is -0.967. The van der Waals surface area contributed by atoms with E-state index in [2.05, 4.69) is 5.32 Å². The molecule has 1 aliphatic rings. The van der Waals surface area contributed by atoms with E-state index in [9.17, 15) is 4.79 Å². The molecule has 20 heavy (non-hydrogen) atoms. The Morgan fingerprint density at radius 1 is 1.35 bits per heavy atom. The van der Waals surface area contributed by atoms with Crippen LogP contribution in [-0.2, 0) is 4.79 Å². The summed E-state index contributed by atoms with van der Waals surface area (Å²) in [7, 11) is 0. The lowest BCUT2D eigenvalue weighted by molar-refractivity contribution is -0.127. The summed E-state index contributed by atoms with van der Waals surface area (Å²) in [4.78, 5) is 12.5. The van der Waals surface area contributed by atoms with Crippen LogP contribution in [0.25, 0.3) is 0 Å².